The number of benzene rings is 2. The molecule has 0 aliphatic heterocycles. The zero-order valence-electron chi connectivity index (χ0n) is 12.6. The fraction of sp³-hybridized carbons (Fsp3) is 0.235. The first-order chi connectivity index (χ1) is 10.0. The number of ether oxygens (including phenoxy) is 1. The molecule has 0 aromatic heterocycles. The summed E-state index contributed by atoms with van der Waals surface area (Å²) in [4.78, 5) is 13.8. The van der Waals surface area contributed by atoms with Crippen molar-refractivity contribution in [3.63, 3.8) is 0 Å². The third-order valence-electron chi connectivity index (χ3n) is 3.38. The summed E-state index contributed by atoms with van der Waals surface area (Å²) in [6, 6.07) is 13.2. The predicted octanol–water partition coefficient (Wildman–Crippen LogP) is 3.52. The van der Waals surface area contributed by atoms with Crippen molar-refractivity contribution in [3.05, 3.63) is 53.6 Å². The van der Waals surface area contributed by atoms with Gasteiger partial charge in [-0.05, 0) is 43.7 Å². The van der Waals surface area contributed by atoms with Crippen LogP contribution >= 0.6 is 0 Å². The highest BCUT2D eigenvalue weighted by Gasteiger charge is 2.14. The molecule has 2 aromatic carbocycles. The van der Waals surface area contributed by atoms with Gasteiger partial charge in [-0.2, -0.15) is 0 Å². The Morgan fingerprint density at radius 2 is 1.90 bits per heavy atom. The average Bonchev–Trinajstić information content (AvgIpc) is 2.48. The number of nitrogen functional groups attached to an aromatic ring is 1. The maximum absolute atomic E-state index is 11.9. The van der Waals surface area contributed by atoms with E-state index in [1.54, 1.807) is 25.1 Å². The van der Waals surface area contributed by atoms with Crippen LogP contribution in [0.3, 0.4) is 0 Å². The molecule has 2 N–H and O–H groups in total. The Hall–Kier alpha value is -2.49. The molecule has 0 radical (unpaired) electrons. The van der Waals surface area contributed by atoms with E-state index in [0.717, 1.165) is 16.9 Å². The topological polar surface area (TPSA) is 55.6 Å². The number of hydrogen-bond donors (Lipinski definition) is 1. The Kier molecular flexibility index (Phi) is 4.48. The Labute approximate surface area is 125 Å². The van der Waals surface area contributed by atoms with Crippen LogP contribution < -0.4 is 10.6 Å². The molecule has 0 aliphatic rings. The predicted molar refractivity (Wildman–Crippen MR) is 86.1 cm³/mol. The van der Waals surface area contributed by atoms with Crippen molar-refractivity contribution in [1.29, 1.82) is 0 Å². The third kappa shape index (κ3) is 3.16. The first-order valence-corrected chi connectivity index (χ1v) is 6.90. The van der Waals surface area contributed by atoms with Crippen molar-refractivity contribution in [3.8, 4) is 0 Å². The average molecular weight is 284 g/mol. The standard InChI is InChI=1S/C17H20N2O2/c1-4-21-17(20)13-9-10-14(18)16(11-13)19(3)15-8-6-5-7-12(15)2/h5-11H,4,18H2,1-3H3. The molecule has 2 rings (SSSR count). The summed E-state index contributed by atoms with van der Waals surface area (Å²) < 4.78 is 5.03. The SMILES string of the molecule is CCOC(=O)c1ccc(N)c(N(C)c2ccccc2C)c1. The fourth-order valence-corrected chi connectivity index (χ4v) is 2.25. The van der Waals surface area contributed by atoms with Crippen molar-refractivity contribution < 1.29 is 9.53 Å². The van der Waals surface area contributed by atoms with E-state index in [-0.39, 0.29) is 5.97 Å². The number of rotatable bonds is 4. The lowest BCUT2D eigenvalue weighted by molar-refractivity contribution is 0.0526. The third-order valence-corrected chi connectivity index (χ3v) is 3.38. The van der Waals surface area contributed by atoms with Gasteiger partial charge >= 0.3 is 5.97 Å². The molecule has 0 heterocycles. The molecule has 0 spiro atoms. The van der Waals surface area contributed by atoms with Crippen LogP contribution in [-0.4, -0.2) is 19.6 Å². The van der Waals surface area contributed by atoms with Crippen molar-refractivity contribution >= 4 is 23.0 Å². The van der Waals surface area contributed by atoms with Gasteiger partial charge in [0.25, 0.3) is 0 Å². The second-order valence-corrected chi connectivity index (χ2v) is 4.84. The van der Waals surface area contributed by atoms with Gasteiger partial charge in [-0.3, -0.25) is 0 Å². The molecule has 0 unspecified atom stereocenters. The molecule has 110 valence electrons. The lowest BCUT2D eigenvalue weighted by Gasteiger charge is -2.23. The molecule has 0 amide bonds. The molecule has 0 saturated heterocycles. The second-order valence-electron chi connectivity index (χ2n) is 4.84. The summed E-state index contributed by atoms with van der Waals surface area (Å²) in [5, 5.41) is 0. The van der Waals surface area contributed by atoms with Crippen molar-refractivity contribution in [2.45, 2.75) is 13.8 Å². The Morgan fingerprint density at radius 1 is 1.19 bits per heavy atom. The number of anilines is 3. The van der Waals surface area contributed by atoms with Gasteiger partial charge in [-0.1, -0.05) is 18.2 Å². The van der Waals surface area contributed by atoms with Gasteiger partial charge in [-0.25, -0.2) is 4.79 Å². The molecule has 0 fully saturated rings. The van der Waals surface area contributed by atoms with Gasteiger partial charge < -0.3 is 15.4 Å². The molecule has 0 atom stereocenters. The summed E-state index contributed by atoms with van der Waals surface area (Å²) in [6.45, 7) is 4.18. The van der Waals surface area contributed by atoms with Crippen LogP contribution in [0.2, 0.25) is 0 Å². The van der Waals surface area contributed by atoms with Crippen LogP contribution in [0.25, 0.3) is 0 Å². The van der Waals surface area contributed by atoms with Gasteiger partial charge in [0.2, 0.25) is 0 Å². The summed E-state index contributed by atoms with van der Waals surface area (Å²) in [6.07, 6.45) is 0. The van der Waals surface area contributed by atoms with Crippen molar-refractivity contribution in [2.24, 2.45) is 0 Å². The van der Waals surface area contributed by atoms with Crippen LogP contribution in [0.4, 0.5) is 17.1 Å². The zero-order chi connectivity index (χ0) is 15.4. The van der Waals surface area contributed by atoms with E-state index in [1.807, 2.05) is 43.1 Å². The van der Waals surface area contributed by atoms with Gasteiger partial charge in [0.05, 0.1) is 23.5 Å². The molecule has 0 bridgehead atoms. The highest BCUT2D eigenvalue weighted by molar-refractivity contribution is 5.92. The monoisotopic (exact) mass is 284 g/mol. The van der Waals surface area contributed by atoms with Gasteiger partial charge in [0.15, 0.2) is 0 Å². The number of carbonyl (C=O) groups is 1. The summed E-state index contributed by atoms with van der Waals surface area (Å²) in [5.41, 5.74) is 10.2. The van der Waals surface area contributed by atoms with E-state index in [2.05, 4.69) is 0 Å². The second kappa shape index (κ2) is 6.31. The van der Waals surface area contributed by atoms with Gasteiger partial charge in [0, 0.05) is 12.7 Å². The molecule has 4 heteroatoms. The molecule has 2 aromatic rings. The molecular formula is C17H20N2O2. The summed E-state index contributed by atoms with van der Waals surface area (Å²) in [7, 11) is 1.93. The van der Waals surface area contributed by atoms with Crippen LogP contribution in [0.1, 0.15) is 22.8 Å². The van der Waals surface area contributed by atoms with Gasteiger partial charge in [0.1, 0.15) is 0 Å². The normalized spacial score (nSPS) is 10.2. The number of para-hydroxylation sites is 1. The summed E-state index contributed by atoms with van der Waals surface area (Å²) >= 11 is 0. The number of aryl methyl sites for hydroxylation is 1. The zero-order valence-corrected chi connectivity index (χ0v) is 12.6. The first-order valence-electron chi connectivity index (χ1n) is 6.90. The van der Waals surface area contributed by atoms with Crippen LogP contribution in [0.15, 0.2) is 42.5 Å². The molecule has 4 nitrogen and oxygen atoms in total. The minimum Gasteiger partial charge on any atom is -0.462 e. The van der Waals surface area contributed by atoms with E-state index < -0.39 is 0 Å². The van der Waals surface area contributed by atoms with Crippen LogP contribution in [0, 0.1) is 6.92 Å². The maximum Gasteiger partial charge on any atom is 0.338 e. The number of hydrogen-bond acceptors (Lipinski definition) is 4. The maximum atomic E-state index is 11.9. The minimum atomic E-state index is -0.336. The Bertz CT molecular complexity index is 653. The Morgan fingerprint density at radius 3 is 2.57 bits per heavy atom. The lowest BCUT2D eigenvalue weighted by Crippen LogP contribution is -2.14. The van der Waals surface area contributed by atoms with E-state index in [9.17, 15) is 4.79 Å². The summed E-state index contributed by atoms with van der Waals surface area (Å²) in [5.74, 6) is -0.336. The fourth-order valence-electron chi connectivity index (χ4n) is 2.25. The smallest absolute Gasteiger partial charge is 0.338 e. The first kappa shape index (κ1) is 14.9. The van der Waals surface area contributed by atoms with Crippen molar-refractivity contribution in [1.82, 2.24) is 0 Å². The van der Waals surface area contributed by atoms with Crippen LogP contribution in [-0.2, 0) is 4.74 Å². The Balaban J connectivity index is 2.41. The van der Waals surface area contributed by atoms with Gasteiger partial charge in [-0.15, -0.1) is 0 Å². The lowest BCUT2D eigenvalue weighted by atomic mass is 10.1. The van der Waals surface area contributed by atoms with Crippen LogP contribution in [0.5, 0.6) is 0 Å². The van der Waals surface area contributed by atoms with Crippen molar-refractivity contribution in [2.75, 3.05) is 24.3 Å². The number of esters is 1. The minimum absolute atomic E-state index is 0.336. The number of carbonyl (C=O) groups excluding carboxylic acids is 1. The van der Waals surface area contributed by atoms with E-state index in [1.165, 1.54) is 0 Å². The highest BCUT2D eigenvalue weighted by atomic mass is 16.5. The molecule has 21 heavy (non-hydrogen) atoms. The number of nitrogens with two attached hydrogens (primary N) is 1. The van der Waals surface area contributed by atoms with E-state index in [4.69, 9.17) is 10.5 Å². The quantitative estimate of drug-likeness (QED) is 0.689. The van der Waals surface area contributed by atoms with E-state index in [0.29, 0.717) is 17.9 Å². The largest absolute Gasteiger partial charge is 0.462 e. The molecule has 0 aliphatic carbocycles. The molecular weight excluding hydrogens is 264 g/mol. The van der Waals surface area contributed by atoms with E-state index >= 15 is 0 Å². The number of nitrogens with zero attached hydrogens (tertiary/aromatic N) is 1. The molecule has 0 saturated carbocycles. The highest BCUT2D eigenvalue weighted by Crippen LogP contribution is 2.31.